The summed E-state index contributed by atoms with van der Waals surface area (Å²) in [6.07, 6.45) is 6.34. The summed E-state index contributed by atoms with van der Waals surface area (Å²) in [7, 11) is 0. The van der Waals surface area contributed by atoms with Crippen LogP contribution in [-0.4, -0.2) is 63.4 Å². The molecule has 4 rings (SSSR count). The van der Waals surface area contributed by atoms with Crippen LogP contribution < -0.4 is 21.3 Å². The van der Waals surface area contributed by atoms with Gasteiger partial charge in [-0.2, -0.15) is 5.26 Å². The van der Waals surface area contributed by atoms with E-state index >= 15 is 0 Å². The molecule has 0 aromatic carbocycles. The van der Waals surface area contributed by atoms with Crippen LogP contribution in [-0.2, 0) is 11.3 Å². The molecule has 4 heterocycles. The molecule has 1 saturated heterocycles. The molecule has 3 aromatic rings. The largest absolute Gasteiger partial charge is 0.380 e. The number of hydrogen-bond donors (Lipinski definition) is 5. The molecule has 0 bridgehead atoms. The summed E-state index contributed by atoms with van der Waals surface area (Å²) in [6, 6.07) is 5.47. The fourth-order valence-electron chi connectivity index (χ4n) is 3.05. The Balaban J connectivity index is 1.50. The average Bonchev–Trinajstić information content (AvgIpc) is 3.36. The number of aromatic nitrogens is 5. The quantitative estimate of drug-likeness (QED) is 0.338. The molecule has 1 atom stereocenters. The van der Waals surface area contributed by atoms with Crippen molar-refractivity contribution in [2.45, 2.75) is 12.6 Å². The number of H-pyrrole nitrogens is 1. The van der Waals surface area contributed by atoms with Gasteiger partial charge in [-0.05, 0) is 11.6 Å². The van der Waals surface area contributed by atoms with Crippen molar-refractivity contribution >= 4 is 23.2 Å². The van der Waals surface area contributed by atoms with Crippen molar-refractivity contribution in [2.24, 2.45) is 0 Å². The number of morpholine rings is 1. The van der Waals surface area contributed by atoms with E-state index in [-0.39, 0.29) is 23.4 Å². The molecule has 1 aliphatic rings. The molecule has 1 fully saturated rings. The van der Waals surface area contributed by atoms with E-state index in [1.807, 2.05) is 18.3 Å². The first-order valence-corrected chi connectivity index (χ1v) is 10.0. The summed E-state index contributed by atoms with van der Waals surface area (Å²) < 4.78 is 5.72. The minimum absolute atomic E-state index is 0.0338. The van der Waals surface area contributed by atoms with Crippen molar-refractivity contribution in [3.05, 3.63) is 53.9 Å². The first kappa shape index (κ1) is 21.2. The Morgan fingerprint density at radius 2 is 2.22 bits per heavy atom. The molecule has 0 aliphatic carbocycles. The molecule has 0 spiro atoms. The van der Waals surface area contributed by atoms with Crippen LogP contribution in [0, 0.1) is 11.3 Å². The van der Waals surface area contributed by atoms with Gasteiger partial charge in [0.15, 0.2) is 17.2 Å². The Labute approximate surface area is 183 Å². The first-order valence-electron chi connectivity index (χ1n) is 10.0. The molecule has 0 radical (unpaired) electrons. The minimum atomic E-state index is -0.353. The molecule has 32 heavy (non-hydrogen) atoms. The number of aromatic amines is 1. The highest BCUT2D eigenvalue weighted by molar-refractivity contribution is 5.97. The normalized spacial score (nSPS) is 15.5. The van der Waals surface area contributed by atoms with Crippen LogP contribution in [0.1, 0.15) is 21.7 Å². The SMILES string of the molecule is N#Cc1cnc(Nc2cc(NCC3CNCCO3)c(C(=O)NCc3cc[nH]c3)nn2)cn1. The lowest BCUT2D eigenvalue weighted by molar-refractivity contribution is 0.0372. The van der Waals surface area contributed by atoms with Gasteiger partial charge in [-0.3, -0.25) is 4.79 Å². The van der Waals surface area contributed by atoms with Gasteiger partial charge >= 0.3 is 0 Å². The Bertz CT molecular complexity index is 1070. The molecule has 1 unspecified atom stereocenters. The van der Waals surface area contributed by atoms with E-state index in [1.165, 1.54) is 12.4 Å². The van der Waals surface area contributed by atoms with Gasteiger partial charge in [-0.25, -0.2) is 9.97 Å². The van der Waals surface area contributed by atoms with Crippen LogP contribution in [0.3, 0.4) is 0 Å². The Hall–Kier alpha value is -4.08. The van der Waals surface area contributed by atoms with E-state index in [0.717, 1.165) is 12.1 Å². The van der Waals surface area contributed by atoms with E-state index < -0.39 is 0 Å². The Morgan fingerprint density at radius 1 is 1.28 bits per heavy atom. The molecule has 1 aliphatic heterocycles. The van der Waals surface area contributed by atoms with E-state index in [9.17, 15) is 4.79 Å². The van der Waals surface area contributed by atoms with Crippen LogP contribution in [0.2, 0.25) is 0 Å². The van der Waals surface area contributed by atoms with Crippen LogP contribution in [0.25, 0.3) is 0 Å². The highest BCUT2D eigenvalue weighted by atomic mass is 16.5. The van der Waals surface area contributed by atoms with Crippen LogP contribution in [0.5, 0.6) is 0 Å². The van der Waals surface area contributed by atoms with Crippen molar-refractivity contribution < 1.29 is 9.53 Å². The molecule has 1 amide bonds. The third-order valence-corrected chi connectivity index (χ3v) is 4.67. The summed E-state index contributed by atoms with van der Waals surface area (Å²) in [5.74, 6) is 0.415. The predicted octanol–water partition coefficient (Wildman–Crippen LogP) is 0.540. The van der Waals surface area contributed by atoms with Gasteiger partial charge < -0.3 is 31.0 Å². The second-order valence-electron chi connectivity index (χ2n) is 7.00. The summed E-state index contributed by atoms with van der Waals surface area (Å²) in [4.78, 5) is 23.8. The smallest absolute Gasteiger partial charge is 0.274 e. The number of hydrogen-bond acceptors (Lipinski definition) is 10. The number of nitrogens with one attached hydrogen (secondary N) is 5. The van der Waals surface area contributed by atoms with Crippen molar-refractivity contribution in [1.29, 1.82) is 5.26 Å². The van der Waals surface area contributed by atoms with Crippen LogP contribution in [0.4, 0.5) is 17.3 Å². The second-order valence-corrected chi connectivity index (χ2v) is 7.00. The van der Waals surface area contributed by atoms with Crippen molar-refractivity contribution in [3.63, 3.8) is 0 Å². The van der Waals surface area contributed by atoms with Gasteiger partial charge in [0.25, 0.3) is 5.91 Å². The zero-order valence-corrected chi connectivity index (χ0v) is 17.1. The van der Waals surface area contributed by atoms with E-state index in [4.69, 9.17) is 10.00 Å². The van der Waals surface area contributed by atoms with Crippen molar-refractivity contribution in [3.8, 4) is 6.07 Å². The van der Waals surface area contributed by atoms with Gasteiger partial charge in [0.2, 0.25) is 0 Å². The average molecular weight is 434 g/mol. The van der Waals surface area contributed by atoms with Gasteiger partial charge in [-0.15, -0.1) is 10.2 Å². The summed E-state index contributed by atoms with van der Waals surface area (Å²) in [5.41, 5.74) is 1.82. The summed E-state index contributed by atoms with van der Waals surface area (Å²) in [5, 5.41) is 29.4. The van der Waals surface area contributed by atoms with Crippen LogP contribution >= 0.6 is 0 Å². The standard InChI is InChI=1S/C20H22N10O2/c21-6-14-9-26-18(12-24-14)28-17-5-16(25-11-15-10-23-3-4-32-15)19(30-29-17)20(31)27-8-13-1-2-22-7-13/h1-2,5,7,9,12,15,22-23H,3-4,8,10-11H2,(H,27,31)(H2,25,26,28,29). The maximum Gasteiger partial charge on any atom is 0.274 e. The van der Waals surface area contributed by atoms with Gasteiger partial charge in [0, 0.05) is 44.6 Å². The number of nitrogens with zero attached hydrogens (tertiary/aromatic N) is 5. The maximum atomic E-state index is 12.8. The van der Waals surface area contributed by atoms with E-state index in [1.54, 1.807) is 12.3 Å². The summed E-state index contributed by atoms with van der Waals surface area (Å²) in [6.45, 7) is 3.02. The van der Waals surface area contributed by atoms with Crippen molar-refractivity contribution in [1.82, 2.24) is 35.8 Å². The summed E-state index contributed by atoms with van der Waals surface area (Å²) >= 11 is 0. The van der Waals surface area contributed by atoms with Crippen LogP contribution in [0.15, 0.2) is 36.9 Å². The third-order valence-electron chi connectivity index (χ3n) is 4.67. The number of ether oxygens (including phenoxy) is 1. The second kappa shape index (κ2) is 10.3. The van der Waals surface area contributed by atoms with Gasteiger partial charge in [0.05, 0.1) is 30.8 Å². The van der Waals surface area contributed by atoms with Gasteiger partial charge in [0.1, 0.15) is 11.9 Å². The van der Waals surface area contributed by atoms with Crippen molar-refractivity contribution in [2.75, 3.05) is 36.9 Å². The van der Waals surface area contributed by atoms with E-state index in [2.05, 4.69) is 46.4 Å². The monoisotopic (exact) mass is 434 g/mol. The molecule has 0 saturated carbocycles. The highest BCUT2D eigenvalue weighted by Crippen LogP contribution is 2.19. The van der Waals surface area contributed by atoms with E-state index in [0.29, 0.717) is 43.6 Å². The number of nitriles is 1. The molecular formula is C20H22N10O2. The predicted molar refractivity (Wildman–Crippen MR) is 115 cm³/mol. The Kier molecular flexibility index (Phi) is 6.81. The topological polar surface area (TPSA) is 166 Å². The molecule has 164 valence electrons. The fourth-order valence-corrected chi connectivity index (χ4v) is 3.05. The number of rotatable bonds is 8. The zero-order valence-electron chi connectivity index (χ0n) is 17.1. The maximum absolute atomic E-state index is 12.8. The lowest BCUT2D eigenvalue weighted by Crippen LogP contribution is -2.42. The molecule has 5 N–H and O–H groups in total. The molecule has 12 nitrogen and oxygen atoms in total. The highest BCUT2D eigenvalue weighted by Gasteiger charge is 2.18. The first-order chi connectivity index (χ1) is 15.7. The third kappa shape index (κ3) is 5.54. The number of carbonyl (C=O) groups is 1. The lowest BCUT2D eigenvalue weighted by atomic mass is 10.2. The zero-order chi connectivity index (χ0) is 22.2. The lowest BCUT2D eigenvalue weighted by Gasteiger charge is -2.24. The molecule has 3 aromatic heterocycles. The van der Waals surface area contributed by atoms with Gasteiger partial charge in [-0.1, -0.05) is 0 Å². The number of anilines is 3. The molecule has 12 heteroatoms. The fraction of sp³-hybridized carbons (Fsp3) is 0.300. The molecular weight excluding hydrogens is 412 g/mol. The number of carbonyl (C=O) groups excluding carboxylic acids is 1. The Morgan fingerprint density at radius 3 is 2.94 bits per heavy atom. The number of amides is 1. The minimum Gasteiger partial charge on any atom is -0.380 e.